The summed E-state index contributed by atoms with van der Waals surface area (Å²) in [5.74, 6) is 1.25. The Morgan fingerprint density at radius 1 is 0.917 bits per heavy atom. The summed E-state index contributed by atoms with van der Waals surface area (Å²) in [6, 6.07) is 14.6. The molecule has 3 aromatic rings. The normalized spacial score (nSPS) is 15.1. The standard InChI is InChI=1S/C26H22N4O5S/c1-32-15-6-5-14(20(10-15)34-3)9-22-25(31)30-24(29)18(12-27)23(19(13-28)26(30)36-22)17-8-7-16(33-2)11-21(17)35-4/h5-11,23H,29H2,1-4H3/b22-9+/t23-/m1/s1. The Morgan fingerprint density at radius 2 is 1.53 bits per heavy atom. The van der Waals surface area contributed by atoms with Gasteiger partial charge in [0.1, 0.15) is 33.5 Å². The number of benzene rings is 2. The molecule has 2 aromatic carbocycles. The van der Waals surface area contributed by atoms with Crippen molar-refractivity contribution in [2.24, 2.45) is 5.73 Å². The van der Waals surface area contributed by atoms with Crippen molar-refractivity contribution in [1.29, 1.82) is 10.5 Å². The molecule has 0 radical (unpaired) electrons. The number of allylic oxidation sites excluding steroid dienone is 1. The Balaban J connectivity index is 2.03. The Hall–Kier alpha value is -4.67. The van der Waals surface area contributed by atoms with Crippen LogP contribution >= 0.6 is 11.3 Å². The molecule has 9 nitrogen and oxygen atoms in total. The predicted molar refractivity (Wildman–Crippen MR) is 135 cm³/mol. The molecule has 10 heteroatoms. The Kier molecular flexibility index (Phi) is 6.73. The van der Waals surface area contributed by atoms with Crippen molar-refractivity contribution in [1.82, 2.24) is 4.57 Å². The van der Waals surface area contributed by atoms with Crippen LogP contribution in [-0.4, -0.2) is 33.0 Å². The van der Waals surface area contributed by atoms with Crippen LogP contribution in [0.4, 0.5) is 0 Å². The summed E-state index contributed by atoms with van der Waals surface area (Å²) >= 11 is 1.11. The maximum absolute atomic E-state index is 13.4. The minimum Gasteiger partial charge on any atom is -0.497 e. The highest BCUT2D eigenvalue weighted by Gasteiger charge is 2.34. The second-order valence-electron chi connectivity index (χ2n) is 7.64. The lowest BCUT2D eigenvalue weighted by atomic mass is 9.84. The SMILES string of the molecule is COc1ccc(/C=c2/sc3n(c2=O)C(N)=C(C#N)[C@@H](c2ccc(OC)cc2OC)C=3C#N)c(OC)c1. The van der Waals surface area contributed by atoms with Gasteiger partial charge in [-0.2, -0.15) is 10.5 Å². The molecule has 36 heavy (non-hydrogen) atoms. The molecule has 0 amide bonds. The first-order valence-electron chi connectivity index (χ1n) is 10.6. The second kappa shape index (κ2) is 9.90. The quantitative estimate of drug-likeness (QED) is 0.540. The Bertz CT molecular complexity index is 1650. The van der Waals surface area contributed by atoms with Gasteiger partial charge in [0.25, 0.3) is 5.56 Å². The van der Waals surface area contributed by atoms with Crippen molar-refractivity contribution in [2.45, 2.75) is 5.92 Å². The van der Waals surface area contributed by atoms with E-state index in [1.54, 1.807) is 49.6 Å². The smallest absolute Gasteiger partial charge is 0.274 e. The highest BCUT2D eigenvalue weighted by molar-refractivity contribution is 7.07. The highest BCUT2D eigenvalue weighted by atomic mass is 32.1. The molecule has 1 aromatic heterocycles. The fraction of sp³-hybridized carbons (Fsp3) is 0.192. The molecule has 2 N–H and O–H groups in total. The summed E-state index contributed by atoms with van der Waals surface area (Å²) in [7, 11) is 6.09. The minimum absolute atomic E-state index is 0.0306. The maximum Gasteiger partial charge on any atom is 0.274 e. The second-order valence-corrected chi connectivity index (χ2v) is 8.67. The van der Waals surface area contributed by atoms with Crippen molar-refractivity contribution in [3.8, 4) is 35.1 Å². The van der Waals surface area contributed by atoms with Gasteiger partial charge in [-0.3, -0.25) is 9.36 Å². The zero-order chi connectivity index (χ0) is 26.0. The lowest BCUT2D eigenvalue weighted by Crippen LogP contribution is -2.38. The van der Waals surface area contributed by atoms with Crippen molar-refractivity contribution in [3.63, 3.8) is 0 Å². The summed E-state index contributed by atoms with van der Waals surface area (Å²) in [5, 5.41) is 20.2. The zero-order valence-electron chi connectivity index (χ0n) is 20.0. The van der Waals surface area contributed by atoms with Gasteiger partial charge in [-0.1, -0.05) is 6.07 Å². The summed E-state index contributed by atoms with van der Waals surface area (Å²) in [4.78, 5) is 13.4. The Morgan fingerprint density at radius 3 is 2.11 bits per heavy atom. The van der Waals surface area contributed by atoms with Crippen molar-refractivity contribution in [3.05, 3.63) is 72.6 Å². The molecule has 0 saturated heterocycles. The molecule has 1 aliphatic rings. The number of fused-ring (bicyclic) bond motifs is 1. The van der Waals surface area contributed by atoms with Crippen molar-refractivity contribution < 1.29 is 18.9 Å². The summed E-state index contributed by atoms with van der Waals surface area (Å²) in [6.45, 7) is 0. The van der Waals surface area contributed by atoms with Crippen LogP contribution < -0.4 is 39.4 Å². The summed E-state index contributed by atoms with van der Waals surface area (Å²) < 4.78 is 23.4. The van der Waals surface area contributed by atoms with E-state index in [0.29, 0.717) is 43.3 Å². The van der Waals surface area contributed by atoms with Gasteiger partial charge < -0.3 is 24.7 Å². The number of hydrogen-bond donors (Lipinski definition) is 1. The van der Waals surface area contributed by atoms with E-state index in [1.165, 1.54) is 25.9 Å². The highest BCUT2D eigenvalue weighted by Crippen LogP contribution is 2.41. The molecule has 0 aliphatic carbocycles. The molecule has 1 atom stereocenters. The van der Waals surface area contributed by atoms with Crippen LogP contribution in [0.3, 0.4) is 0 Å². The molecule has 182 valence electrons. The number of nitrogens with zero attached hydrogens (tertiary/aromatic N) is 3. The molecule has 2 heterocycles. The third-order valence-electron chi connectivity index (χ3n) is 5.87. The number of nitriles is 2. The van der Waals surface area contributed by atoms with E-state index in [2.05, 4.69) is 12.1 Å². The molecule has 0 fully saturated rings. The molecule has 0 unspecified atom stereocenters. The van der Waals surface area contributed by atoms with Crippen LogP contribution in [0, 0.1) is 22.7 Å². The fourth-order valence-electron chi connectivity index (χ4n) is 4.10. The molecule has 0 spiro atoms. The number of thiazole rings is 1. The van der Waals surface area contributed by atoms with E-state index in [9.17, 15) is 15.3 Å². The molecule has 0 saturated carbocycles. The van der Waals surface area contributed by atoms with Crippen LogP contribution in [0.2, 0.25) is 0 Å². The first-order valence-corrected chi connectivity index (χ1v) is 11.5. The van der Waals surface area contributed by atoms with Gasteiger partial charge >= 0.3 is 0 Å². The van der Waals surface area contributed by atoms with Crippen LogP contribution in [0.15, 0.2) is 46.8 Å². The van der Waals surface area contributed by atoms with Gasteiger partial charge in [0.2, 0.25) is 0 Å². The van der Waals surface area contributed by atoms with Gasteiger partial charge in [0.05, 0.1) is 62.2 Å². The van der Waals surface area contributed by atoms with Crippen LogP contribution in [0.5, 0.6) is 23.0 Å². The molecular weight excluding hydrogens is 480 g/mol. The number of nitrogens with two attached hydrogens (primary N) is 1. The molecule has 0 bridgehead atoms. The summed E-state index contributed by atoms with van der Waals surface area (Å²) in [5.41, 5.74) is 7.44. The largest absolute Gasteiger partial charge is 0.497 e. The first kappa shape index (κ1) is 24.5. The van der Waals surface area contributed by atoms with E-state index < -0.39 is 11.5 Å². The van der Waals surface area contributed by atoms with Gasteiger partial charge in [0, 0.05) is 23.3 Å². The van der Waals surface area contributed by atoms with Gasteiger partial charge in [-0.05, 0) is 24.3 Å². The fourth-order valence-corrected chi connectivity index (χ4v) is 5.22. The lowest BCUT2D eigenvalue weighted by Gasteiger charge is -2.24. The third kappa shape index (κ3) is 3.94. The zero-order valence-corrected chi connectivity index (χ0v) is 20.8. The van der Waals surface area contributed by atoms with E-state index in [1.807, 2.05) is 0 Å². The lowest BCUT2D eigenvalue weighted by molar-refractivity contribution is 0.391. The monoisotopic (exact) mass is 502 g/mol. The minimum atomic E-state index is -0.817. The van der Waals surface area contributed by atoms with Crippen LogP contribution in [-0.2, 0) is 0 Å². The van der Waals surface area contributed by atoms with E-state index in [-0.39, 0.29) is 17.0 Å². The van der Waals surface area contributed by atoms with Crippen LogP contribution in [0.1, 0.15) is 17.0 Å². The maximum atomic E-state index is 13.4. The van der Waals surface area contributed by atoms with E-state index in [4.69, 9.17) is 24.7 Å². The van der Waals surface area contributed by atoms with Crippen molar-refractivity contribution >= 4 is 28.8 Å². The Labute approximate surface area is 210 Å². The third-order valence-corrected chi connectivity index (χ3v) is 6.98. The predicted octanol–water partition coefficient (Wildman–Crippen LogP) is 1.90. The first-order chi connectivity index (χ1) is 17.4. The molecule has 1 aliphatic heterocycles. The molecule has 4 rings (SSSR count). The average molecular weight is 503 g/mol. The van der Waals surface area contributed by atoms with Gasteiger partial charge in [-0.15, -0.1) is 11.3 Å². The van der Waals surface area contributed by atoms with E-state index >= 15 is 0 Å². The number of hydrogen-bond acceptors (Lipinski definition) is 9. The summed E-state index contributed by atoms with van der Waals surface area (Å²) in [6.07, 6.45) is 1.66. The number of ether oxygens (including phenoxy) is 4. The topological polar surface area (TPSA) is 133 Å². The van der Waals surface area contributed by atoms with Gasteiger partial charge in [-0.25, -0.2) is 0 Å². The number of aromatic nitrogens is 1. The average Bonchev–Trinajstić information content (AvgIpc) is 3.23. The van der Waals surface area contributed by atoms with Crippen LogP contribution in [0.25, 0.3) is 17.5 Å². The number of rotatable bonds is 6. The number of methoxy groups -OCH3 is 4. The molecular formula is C26H22N4O5S. The van der Waals surface area contributed by atoms with Crippen molar-refractivity contribution in [2.75, 3.05) is 28.4 Å². The van der Waals surface area contributed by atoms with Gasteiger partial charge in [0.15, 0.2) is 0 Å². The van der Waals surface area contributed by atoms with E-state index in [0.717, 1.165) is 11.3 Å².